The summed E-state index contributed by atoms with van der Waals surface area (Å²) < 4.78 is 35.5. The summed E-state index contributed by atoms with van der Waals surface area (Å²) in [7, 11) is 0.587. The molecule has 0 fully saturated rings. The van der Waals surface area contributed by atoms with Crippen molar-refractivity contribution in [3.05, 3.63) is 68.7 Å². The number of methoxy groups -OCH3 is 1. The third kappa shape index (κ3) is 3.38. The van der Waals surface area contributed by atoms with E-state index in [0.717, 1.165) is 4.57 Å². The minimum absolute atomic E-state index is 0.00135. The van der Waals surface area contributed by atoms with Gasteiger partial charge in [0, 0.05) is 26.2 Å². The average molecular weight is 389 g/mol. The highest BCUT2D eigenvalue weighted by Crippen LogP contribution is 2.20. The molecule has 142 valence electrons. The second-order valence-corrected chi connectivity index (χ2v) is 7.78. The normalized spacial score (nSPS) is 11.7. The lowest BCUT2D eigenvalue weighted by Crippen LogP contribution is -2.39. The third-order valence-electron chi connectivity index (χ3n) is 4.42. The Morgan fingerprint density at radius 1 is 0.963 bits per heavy atom. The summed E-state index contributed by atoms with van der Waals surface area (Å²) in [5, 5.41) is 0. The van der Waals surface area contributed by atoms with E-state index in [9.17, 15) is 18.0 Å². The van der Waals surface area contributed by atoms with Gasteiger partial charge in [-0.2, -0.15) is 0 Å². The average Bonchev–Trinajstić information content (AvgIpc) is 2.68. The second-order valence-electron chi connectivity index (χ2n) is 6.02. The topological polar surface area (TPSA) is 99.4 Å². The highest BCUT2D eigenvalue weighted by Gasteiger charge is 2.17. The number of aromatic nitrogens is 2. The number of benzene rings is 2. The number of nitrogens with zero attached hydrogens (tertiary/aromatic N) is 2. The van der Waals surface area contributed by atoms with Crippen LogP contribution in [-0.4, -0.2) is 24.7 Å². The molecule has 0 amide bonds. The summed E-state index contributed by atoms with van der Waals surface area (Å²) in [6.45, 7) is 0.0522. The first-order valence-corrected chi connectivity index (χ1v) is 9.56. The standard InChI is InChI=1S/C18H19N3O5S/c1-20-14-9-8-13(10-15(14)21(2)18(23)17(20)22)27(24,25)19-11-12-6-4-5-7-16(12)26-3/h4-10,19H,11H2,1-3H3. The first-order chi connectivity index (χ1) is 12.8. The molecule has 0 saturated carbocycles. The van der Waals surface area contributed by atoms with Gasteiger partial charge in [-0.05, 0) is 24.3 Å². The lowest BCUT2D eigenvalue weighted by molar-refractivity contribution is 0.409. The Morgan fingerprint density at radius 3 is 2.26 bits per heavy atom. The lowest BCUT2D eigenvalue weighted by atomic mass is 10.2. The molecule has 0 aliphatic heterocycles. The monoisotopic (exact) mass is 389 g/mol. The van der Waals surface area contributed by atoms with Gasteiger partial charge in [0.1, 0.15) is 5.75 Å². The minimum atomic E-state index is -3.84. The van der Waals surface area contributed by atoms with Gasteiger partial charge in [0.05, 0.1) is 23.0 Å². The Kier molecular flexibility index (Phi) is 4.90. The molecule has 0 bridgehead atoms. The summed E-state index contributed by atoms with van der Waals surface area (Å²) in [5.74, 6) is 0.580. The van der Waals surface area contributed by atoms with Crippen LogP contribution in [0.25, 0.3) is 11.0 Å². The van der Waals surface area contributed by atoms with Crippen LogP contribution in [0.5, 0.6) is 5.75 Å². The quantitative estimate of drug-likeness (QED) is 0.649. The van der Waals surface area contributed by atoms with Gasteiger partial charge in [0.15, 0.2) is 0 Å². The zero-order valence-corrected chi connectivity index (χ0v) is 15.9. The van der Waals surface area contributed by atoms with Crippen molar-refractivity contribution in [1.29, 1.82) is 0 Å². The molecule has 9 heteroatoms. The van der Waals surface area contributed by atoms with Crippen LogP contribution in [0.2, 0.25) is 0 Å². The summed E-state index contributed by atoms with van der Waals surface area (Å²) in [6, 6.07) is 11.4. The first kappa shape index (κ1) is 18.9. The summed E-state index contributed by atoms with van der Waals surface area (Å²) in [4.78, 5) is 23.9. The number of fused-ring (bicyclic) bond motifs is 1. The van der Waals surface area contributed by atoms with E-state index in [2.05, 4.69) is 4.72 Å². The van der Waals surface area contributed by atoms with E-state index in [1.54, 1.807) is 24.3 Å². The van der Waals surface area contributed by atoms with Crippen molar-refractivity contribution in [1.82, 2.24) is 13.9 Å². The molecule has 0 aliphatic rings. The van der Waals surface area contributed by atoms with Crippen molar-refractivity contribution in [2.45, 2.75) is 11.4 Å². The van der Waals surface area contributed by atoms with E-state index in [-0.39, 0.29) is 11.4 Å². The Bertz CT molecular complexity index is 1240. The molecular weight excluding hydrogens is 370 g/mol. The minimum Gasteiger partial charge on any atom is -0.496 e. The number of aryl methyl sites for hydroxylation is 2. The highest BCUT2D eigenvalue weighted by atomic mass is 32.2. The number of ether oxygens (including phenoxy) is 1. The van der Waals surface area contributed by atoms with Crippen molar-refractivity contribution >= 4 is 21.1 Å². The van der Waals surface area contributed by atoms with Gasteiger partial charge in [-0.1, -0.05) is 18.2 Å². The smallest absolute Gasteiger partial charge is 0.316 e. The molecule has 0 atom stereocenters. The Hall–Kier alpha value is -2.91. The maximum absolute atomic E-state index is 12.7. The summed E-state index contributed by atoms with van der Waals surface area (Å²) >= 11 is 0. The molecular formula is C18H19N3O5S. The van der Waals surface area contributed by atoms with Crippen molar-refractivity contribution in [2.24, 2.45) is 14.1 Å². The fraction of sp³-hybridized carbons (Fsp3) is 0.222. The van der Waals surface area contributed by atoms with E-state index < -0.39 is 21.1 Å². The summed E-state index contributed by atoms with van der Waals surface area (Å²) in [6.07, 6.45) is 0. The maximum Gasteiger partial charge on any atom is 0.316 e. The van der Waals surface area contributed by atoms with Crippen molar-refractivity contribution in [2.75, 3.05) is 7.11 Å². The largest absolute Gasteiger partial charge is 0.496 e. The predicted octanol–water partition coefficient (Wildman–Crippen LogP) is 0.724. The van der Waals surface area contributed by atoms with E-state index in [4.69, 9.17) is 4.74 Å². The summed E-state index contributed by atoms with van der Waals surface area (Å²) in [5.41, 5.74) is 0.114. The third-order valence-corrected chi connectivity index (χ3v) is 5.82. The molecule has 0 unspecified atom stereocenters. The maximum atomic E-state index is 12.7. The number of sulfonamides is 1. The van der Waals surface area contributed by atoms with Gasteiger partial charge in [-0.15, -0.1) is 0 Å². The molecule has 0 spiro atoms. The first-order valence-electron chi connectivity index (χ1n) is 8.07. The van der Waals surface area contributed by atoms with Crippen molar-refractivity contribution < 1.29 is 13.2 Å². The molecule has 1 aromatic heterocycles. The molecule has 8 nitrogen and oxygen atoms in total. The van der Waals surface area contributed by atoms with E-state index in [1.165, 1.54) is 44.0 Å². The van der Waals surface area contributed by atoms with Crippen LogP contribution >= 0.6 is 0 Å². The van der Waals surface area contributed by atoms with Crippen LogP contribution in [0.4, 0.5) is 0 Å². The van der Waals surface area contributed by atoms with Gasteiger partial charge in [0.25, 0.3) is 0 Å². The number of para-hydroxylation sites is 1. The Labute approximate surface area is 155 Å². The number of nitrogens with one attached hydrogen (secondary N) is 1. The molecule has 1 N–H and O–H groups in total. The van der Waals surface area contributed by atoms with Gasteiger partial charge in [0.2, 0.25) is 10.0 Å². The van der Waals surface area contributed by atoms with Gasteiger partial charge in [-0.25, -0.2) is 13.1 Å². The van der Waals surface area contributed by atoms with Crippen LogP contribution in [0.3, 0.4) is 0 Å². The molecule has 1 heterocycles. The fourth-order valence-corrected chi connectivity index (χ4v) is 3.86. The Morgan fingerprint density at radius 2 is 1.59 bits per heavy atom. The van der Waals surface area contributed by atoms with Gasteiger partial charge < -0.3 is 13.9 Å². The number of hydrogen-bond donors (Lipinski definition) is 1. The van der Waals surface area contributed by atoms with E-state index in [0.29, 0.717) is 22.3 Å². The Balaban J connectivity index is 2.01. The van der Waals surface area contributed by atoms with Crippen LogP contribution in [0.15, 0.2) is 56.9 Å². The highest BCUT2D eigenvalue weighted by molar-refractivity contribution is 7.89. The molecule has 3 aromatic rings. The zero-order chi connectivity index (χ0) is 19.8. The predicted molar refractivity (Wildman–Crippen MR) is 101 cm³/mol. The van der Waals surface area contributed by atoms with Crippen molar-refractivity contribution in [3.63, 3.8) is 0 Å². The van der Waals surface area contributed by atoms with Gasteiger partial charge >= 0.3 is 11.1 Å². The van der Waals surface area contributed by atoms with E-state index in [1.807, 2.05) is 0 Å². The number of rotatable bonds is 5. The molecule has 3 rings (SSSR count). The molecule has 0 aliphatic carbocycles. The number of hydrogen-bond acceptors (Lipinski definition) is 5. The zero-order valence-electron chi connectivity index (χ0n) is 15.1. The van der Waals surface area contributed by atoms with Crippen LogP contribution < -0.4 is 20.6 Å². The SMILES string of the molecule is COc1ccccc1CNS(=O)(=O)c1ccc2c(c1)n(C)c(=O)c(=O)n2C. The van der Waals surface area contributed by atoms with E-state index >= 15 is 0 Å². The molecule has 0 saturated heterocycles. The molecule has 27 heavy (non-hydrogen) atoms. The van der Waals surface area contributed by atoms with Crippen molar-refractivity contribution in [3.8, 4) is 5.75 Å². The molecule has 2 aromatic carbocycles. The van der Waals surface area contributed by atoms with Crippen LogP contribution in [-0.2, 0) is 30.7 Å². The lowest BCUT2D eigenvalue weighted by Gasteiger charge is -2.12. The van der Waals surface area contributed by atoms with Gasteiger partial charge in [-0.3, -0.25) is 9.59 Å². The van der Waals surface area contributed by atoms with Crippen LogP contribution in [0.1, 0.15) is 5.56 Å². The second kappa shape index (κ2) is 7.01. The fourth-order valence-electron chi connectivity index (χ4n) is 2.83. The molecule has 0 radical (unpaired) electrons. The van der Waals surface area contributed by atoms with Crippen LogP contribution in [0, 0.1) is 0 Å².